The number of ether oxygens (including phenoxy) is 1. The predicted molar refractivity (Wildman–Crippen MR) is 114 cm³/mol. The van der Waals surface area contributed by atoms with Gasteiger partial charge in [0.2, 0.25) is 0 Å². The van der Waals surface area contributed by atoms with E-state index in [1.807, 2.05) is 0 Å². The molecule has 3 N–H and O–H groups in total. The van der Waals surface area contributed by atoms with Crippen LogP contribution in [0.25, 0.3) is 0 Å². The second-order valence-corrected chi connectivity index (χ2v) is 8.29. The molecule has 1 aromatic heterocycles. The van der Waals surface area contributed by atoms with Crippen molar-refractivity contribution in [2.24, 2.45) is 10.7 Å². The molecule has 0 atom stereocenters. The lowest BCUT2D eigenvalue weighted by molar-refractivity contribution is 0.0376. The number of aromatic nitrogens is 3. The van der Waals surface area contributed by atoms with E-state index in [4.69, 9.17) is 10.5 Å². The third kappa shape index (κ3) is 6.35. The zero-order chi connectivity index (χ0) is 19.6. The van der Waals surface area contributed by atoms with Gasteiger partial charge in [-0.1, -0.05) is 24.6 Å². The molecule has 0 aromatic carbocycles. The molecule has 9 heteroatoms. The third-order valence-corrected chi connectivity index (χ3v) is 6.15. The van der Waals surface area contributed by atoms with Crippen LogP contribution in [0, 0.1) is 0 Å². The van der Waals surface area contributed by atoms with Crippen LogP contribution in [-0.2, 0) is 11.2 Å². The number of morpholine rings is 1. The Balaban J connectivity index is 1.34. The second-order valence-electron chi connectivity index (χ2n) is 7.52. The number of rotatable bonds is 10. The summed E-state index contributed by atoms with van der Waals surface area (Å²) in [5.41, 5.74) is 6.00. The van der Waals surface area contributed by atoms with Gasteiger partial charge >= 0.3 is 0 Å². The van der Waals surface area contributed by atoms with Gasteiger partial charge in [0.1, 0.15) is 5.82 Å². The maximum absolute atomic E-state index is 6.00. The van der Waals surface area contributed by atoms with Gasteiger partial charge < -0.3 is 20.4 Å². The van der Waals surface area contributed by atoms with Crippen molar-refractivity contribution in [3.63, 3.8) is 0 Å². The average Bonchev–Trinajstić information content (AvgIpc) is 3.38. The van der Waals surface area contributed by atoms with E-state index in [0.29, 0.717) is 18.5 Å². The second kappa shape index (κ2) is 11.6. The Morgan fingerprint density at radius 3 is 2.79 bits per heavy atom. The summed E-state index contributed by atoms with van der Waals surface area (Å²) in [6.07, 6.45) is 10.1. The van der Waals surface area contributed by atoms with Crippen LogP contribution >= 0.6 is 11.8 Å². The van der Waals surface area contributed by atoms with Crippen LogP contribution in [0.4, 0.5) is 0 Å². The Morgan fingerprint density at radius 2 is 2.04 bits per heavy atom. The van der Waals surface area contributed by atoms with Crippen molar-refractivity contribution < 1.29 is 4.74 Å². The summed E-state index contributed by atoms with van der Waals surface area (Å²) in [5, 5.41) is 13.1. The lowest BCUT2D eigenvalue weighted by Gasteiger charge is -2.26. The highest BCUT2D eigenvalue weighted by Crippen LogP contribution is 2.33. The van der Waals surface area contributed by atoms with Crippen LogP contribution < -0.4 is 11.1 Å². The first-order chi connectivity index (χ1) is 13.8. The van der Waals surface area contributed by atoms with E-state index in [1.165, 1.54) is 25.7 Å². The van der Waals surface area contributed by atoms with E-state index in [9.17, 15) is 0 Å². The summed E-state index contributed by atoms with van der Waals surface area (Å²) < 4.78 is 7.74. The van der Waals surface area contributed by atoms with Gasteiger partial charge in [0, 0.05) is 38.6 Å². The maximum Gasteiger partial charge on any atom is 0.191 e. The molecule has 0 unspecified atom stereocenters. The monoisotopic (exact) mass is 409 g/mol. The summed E-state index contributed by atoms with van der Waals surface area (Å²) in [5.74, 6) is 1.65. The van der Waals surface area contributed by atoms with Gasteiger partial charge in [-0.25, -0.2) is 0 Å². The first-order valence-electron chi connectivity index (χ1n) is 10.6. The van der Waals surface area contributed by atoms with Gasteiger partial charge in [-0.2, -0.15) is 0 Å². The molecular formula is C19H35N7OS. The molecule has 0 bridgehead atoms. The van der Waals surface area contributed by atoms with Crippen LogP contribution in [0.1, 0.15) is 50.4 Å². The predicted octanol–water partition coefficient (Wildman–Crippen LogP) is 1.67. The van der Waals surface area contributed by atoms with Crippen molar-refractivity contribution in [2.75, 3.05) is 52.2 Å². The molecule has 2 aliphatic rings. The summed E-state index contributed by atoms with van der Waals surface area (Å²) in [7, 11) is 0. The van der Waals surface area contributed by atoms with E-state index in [0.717, 1.165) is 69.6 Å². The molecule has 28 heavy (non-hydrogen) atoms. The van der Waals surface area contributed by atoms with Gasteiger partial charge in [-0.05, 0) is 38.5 Å². The Bertz CT molecular complexity index is 609. The molecule has 0 amide bonds. The first-order valence-corrected chi connectivity index (χ1v) is 11.8. The molecule has 0 spiro atoms. The van der Waals surface area contributed by atoms with E-state index in [-0.39, 0.29) is 0 Å². The number of thioether (sulfide) groups is 1. The number of guanidine groups is 1. The maximum atomic E-state index is 6.00. The molecule has 1 saturated heterocycles. The van der Waals surface area contributed by atoms with Crippen LogP contribution in [0.15, 0.2) is 10.1 Å². The summed E-state index contributed by atoms with van der Waals surface area (Å²) >= 11 is 1.69. The molecule has 2 fully saturated rings. The molecular weight excluding hydrogens is 374 g/mol. The molecule has 1 aliphatic heterocycles. The fourth-order valence-corrected chi connectivity index (χ4v) is 4.56. The number of hydrogen-bond acceptors (Lipinski definition) is 6. The van der Waals surface area contributed by atoms with Crippen LogP contribution in [0.3, 0.4) is 0 Å². The van der Waals surface area contributed by atoms with E-state index >= 15 is 0 Å². The highest BCUT2D eigenvalue weighted by molar-refractivity contribution is 7.98. The SMILES string of the molecule is CSc1nnc(CCCN=C(N)NCCCN2CCOCC2)n1C1CCCC1. The topological polar surface area (TPSA) is 93.6 Å². The Hall–Kier alpha value is -1.32. The highest BCUT2D eigenvalue weighted by Gasteiger charge is 2.23. The van der Waals surface area contributed by atoms with E-state index in [1.54, 1.807) is 11.8 Å². The third-order valence-electron chi connectivity index (χ3n) is 5.51. The Morgan fingerprint density at radius 1 is 1.25 bits per heavy atom. The molecule has 8 nitrogen and oxygen atoms in total. The number of hydrogen-bond donors (Lipinski definition) is 2. The fourth-order valence-electron chi connectivity index (χ4n) is 3.98. The molecule has 3 rings (SSSR count). The Labute approximate surface area is 172 Å². The largest absolute Gasteiger partial charge is 0.379 e. The molecule has 1 aliphatic carbocycles. The molecule has 158 valence electrons. The van der Waals surface area contributed by atoms with Crippen molar-refractivity contribution in [3.8, 4) is 0 Å². The van der Waals surface area contributed by atoms with Crippen molar-refractivity contribution in [1.29, 1.82) is 0 Å². The van der Waals surface area contributed by atoms with Crippen LogP contribution in [0.2, 0.25) is 0 Å². The van der Waals surface area contributed by atoms with Gasteiger partial charge in [-0.3, -0.25) is 9.89 Å². The highest BCUT2D eigenvalue weighted by atomic mass is 32.2. The van der Waals surface area contributed by atoms with Crippen LogP contribution in [-0.4, -0.2) is 77.8 Å². The average molecular weight is 410 g/mol. The van der Waals surface area contributed by atoms with Gasteiger partial charge in [-0.15, -0.1) is 10.2 Å². The molecule has 0 radical (unpaired) electrons. The fraction of sp³-hybridized carbons (Fsp3) is 0.842. The lowest BCUT2D eigenvalue weighted by atomic mass is 10.2. The number of nitrogens with one attached hydrogen (secondary N) is 1. The summed E-state index contributed by atoms with van der Waals surface area (Å²) in [4.78, 5) is 6.90. The molecule has 1 aromatic rings. The van der Waals surface area contributed by atoms with Crippen molar-refractivity contribution in [1.82, 2.24) is 25.0 Å². The number of nitrogens with zero attached hydrogens (tertiary/aromatic N) is 5. The zero-order valence-electron chi connectivity index (χ0n) is 17.1. The van der Waals surface area contributed by atoms with Crippen molar-refractivity contribution in [3.05, 3.63) is 5.82 Å². The number of aliphatic imine (C=N–C) groups is 1. The normalized spacial score (nSPS) is 19.4. The molecule has 1 saturated carbocycles. The summed E-state index contributed by atoms with van der Waals surface area (Å²) in [6.45, 7) is 6.43. The van der Waals surface area contributed by atoms with Gasteiger partial charge in [0.05, 0.1) is 13.2 Å². The summed E-state index contributed by atoms with van der Waals surface area (Å²) in [6, 6.07) is 0.578. The smallest absolute Gasteiger partial charge is 0.191 e. The van der Waals surface area contributed by atoms with Gasteiger partial charge in [0.25, 0.3) is 0 Å². The minimum Gasteiger partial charge on any atom is -0.379 e. The number of nitrogens with two attached hydrogens (primary N) is 1. The lowest BCUT2D eigenvalue weighted by Crippen LogP contribution is -2.39. The van der Waals surface area contributed by atoms with Crippen molar-refractivity contribution >= 4 is 17.7 Å². The van der Waals surface area contributed by atoms with Gasteiger partial charge in [0.15, 0.2) is 11.1 Å². The Kier molecular flexibility index (Phi) is 8.88. The minimum atomic E-state index is 0.545. The van der Waals surface area contributed by atoms with E-state index in [2.05, 4.69) is 36.2 Å². The van der Waals surface area contributed by atoms with Crippen molar-refractivity contribution in [2.45, 2.75) is 56.1 Å². The number of aryl methyl sites for hydroxylation is 1. The zero-order valence-corrected chi connectivity index (χ0v) is 17.9. The van der Waals surface area contributed by atoms with E-state index < -0.39 is 0 Å². The molecule has 2 heterocycles. The minimum absolute atomic E-state index is 0.545. The van der Waals surface area contributed by atoms with Crippen LogP contribution in [0.5, 0.6) is 0 Å². The first kappa shape index (κ1) is 21.4. The quantitative estimate of drug-likeness (QED) is 0.263. The standard InChI is InChI=1S/C19H35N7OS/c1-28-19-24-23-17(26(19)16-6-2-3-7-16)8-4-9-21-18(20)22-10-5-11-25-12-14-27-15-13-25/h16H,2-15H2,1H3,(H3,20,21,22).